The van der Waals surface area contributed by atoms with Gasteiger partial charge in [-0.3, -0.25) is 0 Å². The first kappa shape index (κ1) is 22.7. The molecule has 1 saturated heterocycles. The minimum absolute atomic E-state index is 0.114. The summed E-state index contributed by atoms with van der Waals surface area (Å²) in [5, 5.41) is 0. The fraction of sp³-hybridized carbons (Fsp3) is 0.391. The standard InChI is InChI=1S/C23H29NO5S/c1-4-11-22-21(17-28-23(2,3)29-22)24(18-27-16-19-12-7-5-8-13-19)30(25,26)20-14-9-6-10-15-20/h4-10,12-15,21-22H,1,11,16-18H2,2-3H3/t21-,22-/m1/s1. The van der Waals surface area contributed by atoms with E-state index in [-0.39, 0.29) is 18.2 Å². The number of ether oxygens (including phenoxy) is 3. The quantitative estimate of drug-likeness (QED) is 0.444. The summed E-state index contributed by atoms with van der Waals surface area (Å²) in [4.78, 5) is 0.204. The van der Waals surface area contributed by atoms with Crippen molar-refractivity contribution in [3.05, 3.63) is 78.9 Å². The number of hydrogen-bond acceptors (Lipinski definition) is 5. The van der Waals surface area contributed by atoms with Crippen LogP contribution in [0.15, 0.2) is 78.2 Å². The molecular formula is C23H29NO5S. The largest absolute Gasteiger partial charge is 0.360 e. The van der Waals surface area contributed by atoms with Gasteiger partial charge in [-0.05, 0) is 38.0 Å². The second-order valence-electron chi connectivity index (χ2n) is 7.63. The molecule has 3 rings (SSSR count). The van der Waals surface area contributed by atoms with Gasteiger partial charge in [0.05, 0.1) is 30.3 Å². The van der Waals surface area contributed by atoms with E-state index in [1.54, 1.807) is 36.4 Å². The smallest absolute Gasteiger partial charge is 0.245 e. The Morgan fingerprint density at radius 2 is 1.77 bits per heavy atom. The predicted molar refractivity (Wildman–Crippen MR) is 115 cm³/mol. The maximum atomic E-state index is 13.5. The number of rotatable bonds is 9. The molecule has 0 aliphatic carbocycles. The molecule has 30 heavy (non-hydrogen) atoms. The first-order valence-electron chi connectivity index (χ1n) is 9.95. The lowest BCUT2D eigenvalue weighted by Crippen LogP contribution is -2.57. The van der Waals surface area contributed by atoms with Gasteiger partial charge in [0.15, 0.2) is 5.79 Å². The lowest BCUT2D eigenvalue weighted by molar-refractivity contribution is -0.290. The van der Waals surface area contributed by atoms with Crippen LogP contribution in [0, 0.1) is 0 Å². The molecule has 0 amide bonds. The zero-order chi connectivity index (χ0) is 21.6. The van der Waals surface area contributed by atoms with Gasteiger partial charge in [0.1, 0.15) is 6.73 Å². The Morgan fingerprint density at radius 3 is 2.40 bits per heavy atom. The van der Waals surface area contributed by atoms with Crippen LogP contribution in [0.5, 0.6) is 0 Å². The van der Waals surface area contributed by atoms with E-state index in [0.717, 1.165) is 5.56 Å². The third-order valence-corrected chi connectivity index (χ3v) is 6.78. The Kier molecular flexibility index (Phi) is 7.44. The van der Waals surface area contributed by atoms with Gasteiger partial charge < -0.3 is 14.2 Å². The van der Waals surface area contributed by atoms with Crippen LogP contribution in [0.3, 0.4) is 0 Å². The maximum absolute atomic E-state index is 13.5. The Morgan fingerprint density at radius 1 is 1.13 bits per heavy atom. The summed E-state index contributed by atoms with van der Waals surface area (Å²) in [5.41, 5.74) is 0.967. The van der Waals surface area contributed by atoms with Crippen molar-refractivity contribution in [3.8, 4) is 0 Å². The summed E-state index contributed by atoms with van der Waals surface area (Å²) in [6.07, 6.45) is 1.83. The van der Waals surface area contributed by atoms with Crippen LogP contribution in [0.4, 0.5) is 0 Å². The molecule has 1 aliphatic heterocycles. The summed E-state index contributed by atoms with van der Waals surface area (Å²) in [6, 6.07) is 17.4. The van der Waals surface area contributed by atoms with Gasteiger partial charge in [-0.15, -0.1) is 6.58 Å². The lowest BCUT2D eigenvalue weighted by Gasteiger charge is -2.44. The molecule has 2 atom stereocenters. The highest BCUT2D eigenvalue weighted by atomic mass is 32.2. The van der Waals surface area contributed by atoms with Crippen molar-refractivity contribution < 1.29 is 22.6 Å². The third-order valence-electron chi connectivity index (χ3n) is 4.91. The number of benzene rings is 2. The van der Waals surface area contributed by atoms with Crippen LogP contribution in [0.25, 0.3) is 0 Å². The topological polar surface area (TPSA) is 65.1 Å². The molecule has 0 unspecified atom stereocenters. The van der Waals surface area contributed by atoms with E-state index in [1.807, 2.05) is 44.2 Å². The molecule has 2 aromatic rings. The van der Waals surface area contributed by atoms with Crippen molar-refractivity contribution in [2.24, 2.45) is 0 Å². The van der Waals surface area contributed by atoms with Crippen LogP contribution in [-0.2, 0) is 30.8 Å². The number of nitrogens with zero attached hydrogens (tertiary/aromatic N) is 1. The monoisotopic (exact) mass is 431 g/mol. The van der Waals surface area contributed by atoms with E-state index in [2.05, 4.69) is 6.58 Å². The van der Waals surface area contributed by atoms with Crippen molar-refractivity contribution in [2.45, 2.75) is 49.7 Å². The Balaban J connectivity index is 1.87. The molecule has 0 radical (unpaired) electrons. The molecule has 7 heteroatoms. The van der Waals surface area contributed by atoms with Crippen LogP contribution < -0.4 is 0 Å². The van der Waals surface area contributed by atoms with Gasteiger partial charge in [-0.2, -0.15) is 4.31 Å². The average Bonchev–Trinajstić information content (AvgIpc) is 2.73. The third kappa shape index (κ3) is 5.56. The van der Waals surface area contributed by atoms with E-state index in [4.69, 9.17) is 14.2 Å². The zero-order valence-electron chi connectivity index (χ0n) is 17.4. The van der Waals surface area contributed by atoms with E-state index < -0.39 is 28.0 Å². The summed E-state index contributed by atoms with van der Waals surface area (Å²) in [5.74, 6) is -0.794. The lowest BCUT2D eigenvalue weighted by atomic mass is 10.1. The van der Waals surface area contributed by atoms with E-state index >= 15 is 0 Å². The van der Waals surface area contributed by atoms with Gasteiger partial charge >= 0.3 is 0 Å². The maximum Gasteiger partial charge on any atom is 0.245 e. The highest BCUT2D eigenvalue weighted by Crippen LogP contribution is 2.30. The van der Waals surface area contributed by atoms with Gasteiger partial charge in [0, 0.05) is 0 Å². The Labute approximate surface area is 179 Å². The molecule has 0 bridgehead atoms. The molecule has 0 N–H and O–H groups in total. The summed E-state index contributed by atoms with van der Waals surface area (Å²) < 4.78 is 46.0. The first-order chi connectivity index (χ1) is 14.3. The van der Waals surface area contributed by atoms with E-state index in [1.165, 1.54) is 4.31 Å². The summed E-state index contributed by atoms with van der Waals surface area (Å²) in [6.45, 7) is 7.83. The van der Waals surface area contributed by atoms with E-state index in [0.29, 0.717) is 13.0 Å². The average molecular weight is 432 g/mol. The highest BCUT2D eigenvalue weighted by Gasteiger charge is 2.43. The number of sulfonamides is 1. The van der Waals surface area contributed by atoms with Crippen LogP contribution in [0.1, 0.15) is 25.8 Å². The first-order valence-corrected chi connectivity index (χ1v) is 11.4. The van der Waals surface area contributed by atoms with Crippen LogP contribution >= 0.6 is 0 Å². The van der Waals surface area contributed by atoms with Crippen molar-refractivity contribution in [2.75, 3.05) is 13.3 Å². The number of hydrogen-bond donors (Lipinski definition) is 0. The summed E-state index contributed by atoms with van der Waals surface area (Å²) >= 11 is 0. The molecule has 1 aliphatic rings. The molecular weight excluding hydrogens is 402 g/mol. The van der Waals surface area contributed by atoms with Gasteiger partial charge in [-0.1, -0.05) is 54.6 Å². The molecule has 0 spiro atoms. The van der Waals surface area contributed by atoms with Crippen molar-refractivity contribution in [3.63, 3.8) is 0 Å². The molecule has 0 aromatic heterocycles. The Bertz CT molecular complexity index is 915. The van der Waals surface area contributed by atoms with Crippen molar-refractivity contribution in [1.29, 1.82) is 0 Å². The second-order valence-corrected chi connectivity index (χ2v) is 9.52. The molecule has 1 fully saturated rings. The van der Waals surface area contributed by atoms with Crippen LogP contribution in [-0.4, -0.2) is 44.0 Å². The fourth-order valence-electron chi connectivity index (χ4n) is 3.41. The molecule has 0 saturated carbocycles. The minimum atomic E-state index is -3.83. The Hall–Kier alpha value is -2.03. The van der Waals surface area contributed by atoms with Crippen molar-refractivity contribution in [1.82, 2.24) is 4.31 Å². The highest BCUT2D eigenvalue weighted by molar-refractivity contribution is 7.89. The predicted octanol–water partition coefficient (Wildman–Crippen LogP) is 3.95. The normalized spacial score (nSPS) is 21.4. The molecule has 6 nitrogen and oxygen atoms in total. The zero-order valence-corrected chi connectivity index (χ0v) is 18.3. The molecule has 1 heterocycles. The molecule has 162 valence electrons. The molecule has 2 aromatic carbocycles. The summed E-state index contributed by atoms with van der Waals surface area (Å²) in [7, 11) is -3.83. The van der Waals surface area contributed by atoms with Crippen molar-refractivity contribution >= 4 is 10.0 Å². The second kappa shape index (κ2) is 9.85. The van der Waals surface area contributed by atoms with E-state index in [9.17, 15) is 8.42 Å². The van der Waals surface area contributed by atoms with Gasteiger partial charge in [0.25, 0.3) is 0 Å². The van der Waals surface area contributed by atoms with Crippen LogP contribution in [0.2, 0.25) is 0 Å². The SMILES string of the molecule is C=CC[C@H]1OC(C)(C)OC[C@H]1N(COCc1ccccc1)S(=O)(=O)c1ccccc1. The minimum Gasteiger partial charge on any atom is -0.360 e. The van der Waals surface area contributed by atoms with Gasteiger partial charge in [-0.25, -0.2) is 8.42 Å². The van der Waals surface area contributed by atoms with Gasteiger partial charge in [0.2, 0.25) is 10.0 Å². The fourth-order valence-corrected chi connectivity index (χ4v) is 4.95.